The molecule has 2 heterocycles. The predicted octanol–water partition coefficient (Wildman–Crippen LogP) is 2.87. The van der Waals surface area contributed by atoms with Crippen LogP contribution in [0.4, 0.5) is 11.4 Å². The number of carbonyl (C=O) groups is 3. The summed E-state index contributed by atoms with van der Waals surface area (Å²) in [5.41, 5.74) is 13.7. The Kier molecular flexibility index (Phi) is 43.8. The largest absolute Gasteiger partial charge is 1.00 e. The van der Waals surface area contributed by atoms with E-state index >= 15 is 0 Å². The molecule has 6 aromatic carbocycles. The van der Waals surface area contributed by atoms with E-state index in [0.29, 0.717) is 11.0 Å². The van der Waals surface area contributed by atoms with E-state index in [2.05, 4.69) is 20.4 Å². The number of nitrogens with zero attached hydrogens (tertiary/aromatic N) is 8. The standard InChI is InChI=1S/C13H10N4O5S.C13H9N3O6S.C7H6O3.C6H6N2O2.2CH3.HNO2.H2N.Na.O3S.4Y/c14-13(19)7-1-4-12(18)11(5-7)17-15-9-3-2-8(23(20,21)22)6-10(9)16-17;17-12-4-1-7(13(18)19)5-11(12)16-14-9-3-2-8(23(20,21)22)6-10(9)15-16;8-6-3-1-5(2-4-6)7(9)10;7-5-3-1-2-4-6(5)8(9)10;;;2-1-3;;;1-4(2)3;;;;/h1-6H,(H4,14,18,19,20,21,22);1-6,17H,(H,18,19)(H,20,21,22);1-4,8H,(H,9,10);1-4H,7H2;2*1H3;(H,2,3);1H2;;;;;;/q;;;;2*-1;;-1;+1;;;;;/p-1. The van der Waals surface area contributed by atoms with Gasteiger partial charge in [0, 0.05) is 142 Å². The summed E-state index contributed by atoms with van der Waals surface area (Å²) in [6.45, 7) is 0. The number of phenols is 3. The number of aromatic carboxylic acids is 2. The average molecular weight is 1500 g/mol. The number of aromatic hydroxyl groups is 3. The molecule has 0 bridgehead atoms. The molecule has 1 amide bonds. The molecule has 2 aromatic heterocycles. The quantitative estimate of drug-likeness (QED) is 0.0206. The number of hydrogen-bond donors (Lipinski definition) is 8. The Balaban J connectivity index is -0.000000178. The van der Waals surface area contributed by atoms with Crippen molar-refractivity contribution < 1.29 is 245 Å². The zero-order valence-electron chi connectivity index (χ0n) is 42.7. The van der Waals surface area contributed by atoms with Crippen LogP contribution < -0.4 is 35.3 Å². The van der Waals surface area contributed by atoms with Crippen molar-refractivity contribution in [2.45, 2.75) is 9.79 Å². The number of nitrogen functional groups attached to an aromatic ring is 1. The third-order valence-electron chi connectivity index (χ3n) is 8.44. The minimum atomic E-state index is -4.38. The third kappa shape index (κ3) is 28.0. The fourth-order valence-electron chi connectivity index (χ4n) is 5.22. The van der Waals surface area contributed by atoms with Gasteiger partial charge in [-0.25, -0.2) is 9.59 Å². The summed E-state index contributed by atoms with van der Waals surface area (Å²) in [6, 6.07) is 26.1. The maximum absolute atomic E-state index is 11.1. The molecule has 0 saturated heterocycles. The number of benzene rings is 6. The number of nitrogens with one attached hydrogen (secondary N) is 1. The fraction of sp³-hybridized carbons (Fsp3) is 0. The first kappa shape index (κ1) is 87.6. The second-order valence-corrected chi connectivity index (χ2v) is 16.5. The van der Waals surface area contributed by atoms with Gasteiger partial charge in [0.25, 0.3) is 25.9 Å². The van der Waals surface area contributed by atoms with E-state index in [1.54, 1.807) is 12.1 Å². The number of carbonyl (C=O) groups excluding carboxylic acids is 1. The number of hydrogen-bond acceptors (Lipinski definition) is 23. The number of amides is 1. The van der Waals surface area contributed by atoms with Crippen LogP contribution in [0.1, 0.15) is 32.5 Å². The molecule has 81 heavy (non-hydrogen) atoms. The molecular formula is C41H39N11NaO21S3Y4-3. The Morgan fingerprint density at radius 3 is 1.27 bits per heavy atom. The van der Waals surface area contributed by atoms with E-state index in [0.717, 1.165) is 33.1 Å². The monoisotopic (exact) mass is 1500 g/mol. The van der Waals surface area contributed by atoms with Crippen LogP contribution in [0.5, 0.6) is 17.2 Å². The van der Waals surface area contributed by atoms with E-state index < -0.39 is 53.6 Å². The van der Waals surface area contributed by atoms with Crippen molar-refractivity contribution >= 4 is 82.1 Å². The Morgan fingerprint density at radius 2 is 0.951 bits per heavy atom. The van der Waals surface area contributed by atoms with Gasteiger partial charge in [-0.15, -0.1) is 48.0 Å². The molecule has 32 nitrogen and oxygen atoms in total. The average Bonchev–Trinajstić information content (AvgIpc) is 3.94. The van der Waals surface area contributed by atoms with Crippen molar-refractivity contribution in [3.8, 4) is 28.6 Å². The van der Waals surface area contributed by atoms with E-state index in [1.807, 2.05) is 0 Å². The number of nitro groups is 1. The van der Waals surface area contributed by atoms with Crippen LogP contribution in [0.2, 0.25) is 0 Å². The Bertz CT molecular complexity index is 3570. The first-order chi connectivity index (χ1) is 34.1. The van der Waals surface area contributed by atoms with Crippen LogP contribution in [0.3, 0.4) is 0 Å². The second-order valence-electron chi connectivity index (χ2n) is 13.2. The van der Waals surface area contributed by atoms with Gasteiger partial charge in [0.2, 0.25) is 0 Å². The van der Waals surface area contributed by atoms with Gasteiger partial charge < -0.3 is 72.9 Å². The third-order valence-corrected chi connectivity index (χ3v) is 10.1. The molecule has 418 valence electrons. The molecule has 40 heteroatoms. The number of nitro benzene ring substituents is 1. The Morgan fingerprint density at radius 1 is 0.617 bits per heavy atom. The number of carboxylic acid groups (broad SMARTS) is 2. The Hall–Kier alpha value is -4.65. The van der Waals surface area contributed by atoms with Gasteiger partial charge in [-0.05, 0) is 103 Å². The van der Waals surface area contributed by atoms with Crippen LogP contribution in [-0.4, -0.2) is 117 Å². The zero-order valence-corrected chi connectivity index (χ0v) is 57.5. The van der Waals surface area contributed by atoms with Gasteiger partial charge in [-0.2, -0.15) is 16.8 Å². The van der Waals surface area contributed by atoms with Crippen molar-refractivity contribution in [1.29, 1.82) is 0 Å². The van der Waals surface area contributed by atoms with Crippen LogP contribution in [0.25, 0.3) is 45.3 Å². The maximum atomic E-state index is 11.1. The Labute approximate surface area is 584 Å². The fourth-order valence-corrected chi connectivity index (χ4v) is 6.23. The molecule has 0 fully saturated rings. The van der Waals surface area contributed by atoms with Gasteiger partial charge in [-0.1, -0.05) is 12.1 Å². The van der Waals surface area contributed by atoms with Crippen LogP contribution in [-0.2, 0) is 162 Å². The summed E-state index contributed by atoms with van der Waals surface area (Å²) in [5, 5.41) is 81.1. The van der Waals surface area contributed by atoms with E-state index in [9.17, 15) is 51.5 Å². The van der Waals surface area contributed by atoms with Crippen molar-refractivity contribution in [1.82, 2.24) is 30.0 Å². The summed E-state index contributed by atoms with van der Waals surface area (Å²) in [7, 11) is -11.9. The minimum Gasteiger partial charge on any atom is -0.693 e. The number of rotatable bonds is 8. The molecule has 0 saturated carbocycles. The predicted molar refractivity (Wildman–Crippen MR) is 267 cm³/mol. The first-order valence-electron chi connectivity index (χ1n) is 18.7. The number of nitrogens with two attached hydrogens (primary N) is 2. The molecular weight excluding hydrogens is 1460 g/mol. The van der Waals surface area contributed by atoms with Gasteiger partial charge in [0.05, 0.1) is 31.7 Å². The smallest absolute Gasteiger partial charge is 0.693 e. The summed E-state index contributed by atoms with van der Waals surface area (Å²) >= 11 is 0. The van der Waals surface area contributed by atoms with Gasteiger partial charge in [0.15, 0.2) is 0 Å². The van der Waals surface area contributed by atoms with Crippen LogP contribution >= 0.6 is 0 Å². The number of fused-ring (bicyclic) bond motifs is 2. The summed E-state index contributed by atoms with van der Waals surface area (Å²) in [5.74, 6) is -3.49. The van der Waals surface area contributed by atoms with Crippen molar-refractivity contribution in [3.05, 3.63) is 185 Å². The topological polar surface area (TPSA) is 553 Å². The number of para-hydroxylation sites is 2. The number of carboxylic acids is 2. The first-order valence-corrected chi connectivity index (χ1v) is 22.5. The molecule has 0 atom stereocenters. The number of phenolic OH excluding ortho intramolecular Hbond substituents is 3. The molecule has 8 rings (SSSR count). The molecule has 12 N–H and O–H groups in total. The van der Waals surface area contributed by atoms with Crippen LogP contribution in [0.15, 0.2) is 136 Å². The maximum Gasteiger partial charge on any atom is 1.00 e. The van der Waals surface area contributed by atoms with E-state index in [4.69, 9.17) is 58.6 Å². The van der Waals surface area contributed by atoms with Gasteiger partial charge in [0.1, 0.15) is 56.4 Å². The van der Waals surface area contributed by atoms with E-state index in [1.165, 1.54) is 91.0 Å². The molecule has 0 spiro atoms. The van der Waals surface area contributed by atoms with Gasteiger partial charge in [-0.3, -0.25) is 19.2 Å². The minimum absolute atomic E-state index is 0. The molecule has 0 unspecified atom stereocenters. The number of anilines is 1. The zero-order chi connectivity index (χ0) is 55.0. The molecule has 0 aliphatic rings. The van der Waals surface area contributed by atoms with E-state index in [-0.39, 0.29) is 260 Å². The second kappa shape index (κ2) is 40.5. The molecule has 8 aromatic rings. The SMILES string of the molecule is Nc1ccccc1[N+](=O)[O-].O=C(O)c1ccc(O)c(-n2nc3ccc(S(=O)(=O)O)cc3n2)c1.O=C(O)c1ccc(O)cc1.O=N[O-].O=S(=O)=O.[CH3-].[CH3-].[H+].[NH-]C(=O)c1ccc(O)c(-n2nc3ccc(S(=O)(=O)O)cc3n2)c1.[NH2-].[Na+].[Y].[Y].[Y].[Y]. The normalized spacial score (nSPS) is 9.36. The van der Waals surface area contributed by atoms with Crippen molar-refractivity contribution in [2.75, 3.05) is 5.73 Å². The van der Waals surface area contributed by atoms with Crippen molar-refractivity contribution in [3.63, 3.8) is 0 Å². The number of aromatic nitrogens is 6. The summed E-state index contributed by atoms with van der Waals surface area (Å²) in [4.78, 5) is 51.3. The summed E-state index contributed by atoms with van der Waals surface area (Å²) in [6.07, 6.45) is 0. The summed E-state index contributed by atoms with van der Waals surface area (Å²) < 4.78 is 87.9. The van der Waals surface area contributed by atoms with Crippen molar-refractivity contribution in [2.24, 2.45) is 5.34 Å². The van der Waals surface area contributed by atoms with Crippen LogP contribution in [0, 0.1) is 35.1 Å². The molecule has 0 aliphatic heterocycles. The van der Waals surface area contributed by atoms with Gasteiger partial charge >= 0.3 is 53.5 Å². The molecule has 4 radical (unpaired) electrons. The molecule has 0 aliphatic carbocycles.